The molecule has 3 heteroatoms. The molecule has 0 aromatic carbocycles. The quantitative estimate of drug-likeness (QED) is 0.792. The summed E-state index contributed by atoms with van der Waals surface area (Å²) in [5.41, 5.74) is 0. The minimum absolute atomic E-state index is 0.144. The van der Waals surface area contributed by atoms with Gasteiger partial charge in [-0.2, -0.15) is 0 Å². The predicted molar refractivity (Wildman–Crippen MR) is 76.7 cm³/mol. The van der Waals surface area contributed by atoms with Gasteiger partial charge >= 0.3 is 6.03 Å². The molecule has 1 fully saturated rings. The molecule has 0 bridgehead atoms. The Bertz CT molecular complexity index is 239. The van der Waals surface area contributed by atoms with Crippen LogP contribution >= 0.6 is 0 Å². The lowest BCUT2D eigenvalue weighted by atomic mass is 9.95. The second-order valence-electron chi connectivity index (χ2n) is 5.71. The van der Waals surface area contributed by atoms with Gasteiger partial charge in [-0.25, -0.2) is 4.79 Å². The highest BCUT2D eigenvalue weighted by Gasteiger charge is 2.25. The minimum atomic E-state index is 0.144. The number of nitrogens with zero attached hydrogens (tertiary/aromatic N) is 1. The fourth-order valence-electron chi connectivity index (χ4n) is 2.72. The Morgan fingerprint density at radius 3 is 2.06 bits per heavy atom. The van der Waals surface area contributed by atoms with Gasteiger partial charge in [-0.3, -0.25) is 0 Å². The molecule has 0 radical (unpaired) electrons. The van der Waals surface area contributed by atoms with Crippen molar-refractivity contribution in [2.24, 2.45) is 0 Å². The normalized spacial score (nSPS) is 20.2. The molecular weight excluding hydrogens is 224 g/mol. The molecule has 1 N–H and O–H groups in total. The van der Waals surface area contributed by atoms with E-state index in [1.807, 2.05) is 4.90 Å². The molecule has 1 rings (SSSR count). The van der Waals surface area contributed by atoms with Crippen LogP contribution in [0.3, 0.4) is 0 Å². The first-order valence-corrected chi connectivity index (χ1v) is 7.68. The van der Waals surface area contributed by atoms with Gasteiger partial charge in [0.2, 0.25) is 0 Å². The maximum absolute atomic E-state index is 12.4. The zero-order chi connectivity index (χ0) is 13.5. The van der Waals surface area contributed by atoms with Crippen molar-refractivity contribution >= 4 is 6.03 Å². The number of nitrogens with one attached hydrogen (secondary N) is 1. The summed E-state index contributed by atoms with van der Waals surface area (Å²) in [7, 11) is 0. The molecule has 3 nitrogen and oxygen atoms in total. The van der Waals surface area contributed by atoms with Gasteiger partial charge in [-0.05, 0) is 39.5 Å². The van der Waals surface area contributed by atoms with Gasteiger partial charge in [0.1, 0.15) is 0 Å². The first-order chi connectivity index (χ1) is 8.60. The van der Waals surface area contributed by atoms with Crippen molar-refractivity contribution in [1.29, 1.82) is 0 Å². The van der Waals surface area contributed by atoms with Crippen LogP contribution in [0.5, 0.6) is 0 Å². The van der Waals surface area contributed by atoms with Crippen LogP contribution in [0.25, 0.3) is 0 Å². The molecule has 1 aliphatic carbocycles. The third kappa shape index (κ3) is 4.18. The lowest BCUT2D eigenvalue weighted by molar-refractivity contribution is 0.144. The standard InChI is InChI=1S/C15H30N2O/c1-5-12(3)17(13(4)6-2)15(18)16-14-10-8-7-9-11-14/h12-14H,5-11H2,1-4H3,(H,16,18)/t12-,13+. The number of hydrogen-bond acceptors (Lipinski definition) is 1. The van der Waals surface area contributed by atoms with E-state index in [0.717, 1.165) is 25.7 Å². The van der Waals surface area contributed by atoms with Crippen LogP contribution in [0.15, 0.2) is 0 Å². The van der Waals surface area contributed by atoms with Crippen LogP contribution in [0.1, 0.15) is 72.6 Å². The molecule has 0 aliphatic heterocycles. The molecule has 106 valence electrons. The van der Waals surface area contributed by atoms with Crippen molar-refractivity contribution in [3.8, 4) is 0 Å². The number of carbonyl (C=O) groups is 1. The van der Waals surface area contributed by atoms with Gasteiger partial charge in [0.15, 0.2) is 0 Å². The number of carbonyl (C=O) groups excluding carboxylic acids is 1. The highest BCUT2D eigenvalue weighted by molar-refractivity contribution is 5.75. The average molecular weight is 254 g/mol. The van der Waals surface area contributed by atoms with E-state index >= 15 is 0 Å². The van der Waals surface area contributed by atoms with Crippen molar-refractivity contribution in [1.82, 2.24) is 10.2 Å². The van der Waals surface area contributed by atoms with E-state index in [4.69, 9.17) is 0 Å². The highest BCUT2D eigenvalue weighted by atomic mass is 16.2. The topological polar surface area (TPSA) is 32.3 Å². The van der Waals surface area contributed by atoms with Crippen molar-refractivity contribution in [2.75, 3.05) is 0 Å². The van der Waals surface area contributed by atoms with Crippen LogP contribution in [-0.2, 0) is 0 Å². The Hall–Kier alpha value is -0.730. The fraction of sp³-hybridized carbons (Fsp3) is 0.933. The summed E-state index contributed by atoms with van der Waals surface area (Å²) >= 11 is 0. The van der Waals surface area contributed by atoms with Gasteiger partial charge in [0.25, 0.3) is 0 Å². The molecule has 0 saturated heterocycles. The highest BCUT2D eigenvalue weighted by Crippen LogP contribution is 2.19. The summed E-state index contributed by atoms with van der Waals surface area (Å²) in [6, 6.07) is 1.19. The largest absolute Gasteiger partial charge is 0.335 e. The number of urea groups is 1. The molecular formula is C15H30N2O. The summed E-state index contributed by atoms with van der Waals surface area (Å²) in [5, 5.41) is 3.24. The van der Waals surface area contributed by atoms with Crippen molar-refractivity contribution in [2.45, 2.75) is 90.8 Å². The maximum Gasteiger partial charge on any atom is 0.318 e. The third-order valence-corrected chi connectivity index (χ3v) is 4.30. The fourth-order valence-corrected chi connectivity index (χ4v) is 2.72. The Kier molecular flexibility index (Phi) is 6.51. The predicted octanol–water partition coefficient (Wildman–Crippen LogP) is 3.93. The summed E-state index contributed by atoms with van der Waals surface area (Å²) in [6.07, 6.45) is 8.19. The Morgan fingerprint density at radius 2 is 1.61 bits per heavy atom. The number of amides is 2. The molecule has 18 heavy (non-hydrogen) atoms. The van der Waals surface area contributed by atoms with Crippen LogP contribution in [0, 0.1) is 0 Å². The van der Waals surface area contributed by atoms with E-state index < -0.39 is 0 Å². The zero-order valence-electron chi connectivity index (χ0n) is 12.5. The Labute approximate surface area is 112 Å². The Balaban J connectivity index is 2.57. The van der Waals surface area contributed by atoms with Gasteiger partial charge in [-0.15, -0.1) is 0 Å². The summed E-state index contributed by atoms with van der Waals surface area (Å²) in [6.45, 7) is 8.58. The average Bonchev–Trinajstić information content (AvgIpc) is 2.39. The molecule has 0 spiro atoms. The zero-order valence-corrected chi connectivity index (χ0v) is 12.5. The van der Waals surface area contributed by atoms with Crippen molar-refractivity contribution in [3.05, 3.63) is 0 Å². The van der Waals surface area contributed by atoms with Gasteiger partial charge < -0.3 is 10.2 Å². The SMILES string of the molecule is CC[C@@H](C)N(C(=O)NC1CCCCC1)[C@@H](C)CC. The smallest absolute Gasteiger partial charge is 0.318 e. The molecule has 0 aromatic heterocycles. The molecule has 0 heterocycles. The first kappa shape index (κ1) is 15.3. The van der Waals surface area contributed by atoms with E-state index in [1.165, 1.54) is 19.3 Å². The maximum atomic E-state index is 12.4. The van der Waals surface area contributed by atoms with Gasteiger partial charge in [0, 0.05) is 18.1 Å². The lowest BCUT2D eigenvalue weighted by Gasteiger charge is -2.36. The van der Waals surface area contributed by atoms with E-state index in [9.17, 15) is 4.79 Å². The number of rotatable bonds is 5. The van der Waals surface area contributed by atoms with E-state index in [1.54, 1.807) is 0 Å². The second-order valence-corrected chi connectivity index (χ2v) is 5.71. The monoisotopic (exact) mass is 254 g/mol. The van der Waals surface area contributed by atoms with Crippen molar-refractivity contribution in [3.63, 3.8) is 0 Å². The van der Waals surface area contributed by atoms with E-state index in [0.29, 0.717) is 18.1 Å². The molecule has 0 aromatic rings. The molecule has 1 saturated carbocycles. The Morgan fingerprint density at radius 1 is 1.11 bits per heavy atom. The molecule has 0 unspecified atom stereocenters. The van der Waals surface area contributed by atoms with Crippen LogP contribution < -0.4 is 5.32 Å². The van der Waals surface area contributed by atoms with Crippen LogP contribution in [0.4, 0.5) is 4.79 Å². The van der Waals surface area contributed by atoms with E-state index in [-0.39, 0.29) is 6.03 Å². The number of hydrogen-bond donors (Lipinski definition) is 1. The summed E-state index contributed by atoms with van der Waals surface area (Å²) in [4.78, 5) is 14.5. The first-order valence-electron chi connectivity index (χ1n) is 7.68. The summed E-state index contributed by atoms with van der Waals surface area (Å²) in [5.74, 6) is 0. The second kappa shape index (κ2) is 7.65. The van der Waals surface area contributed by atoms with Crippen LogP contribution in [-0.4, -0.2) is 29.1 Å². The van der Waals surface area contributed by atoms with Gasteiger partial charge in [0.05, 0.1) is 0 Å². The minimum Gasteiger partial charge on any atom is -0.335 e. The lowest BCUT2D eigenvalue weighted by Crippen LogP contribution is -2.52. The van der Waals surface area contributed by atoms with Crippen molar-refractivity contribution < 1.29 is 4.79 Å². The summed E-state index contributed by atoms with van der Waals surface area (Å²) < 4.78 is 0. The molecule has 2 amide bonds. The van der Waals surface area contributed by atoms with Gasteiger partial charge in [-0.1, -0.05) is 33.1 Å². The van der Waals surface area contributed by atoms with Crippen LogP contribution in [0.2, 0.25) is 0 Å². The third-order valence-electron chi connectivity index (χ3n) is 4.30. The molecule has 2 atom stereocenters. The van der Waals surface area contributed by atoms with E-state index in [2.05, 4.69) is 33.0 Å². The molecule has 1 aliphatic rings.